The Hall–Kier alpha value is -2.21. The minimum atomic E-state index is -0.353. The van der Waals surface area contributed by atoms with Crippen LogP contribution in [0.3, 0.4) is 0 Å². The van der Waals surface area contributed by atoms with Crippen LogP contribution < -0.4 is 20.5 Å². The molecule has 1 amide bonds. The minimum Gasteiger partial charge on any atom is -0.496 e. The second-order valence-electron chi connectivity index (χ2n) is 6.24. The van der Waals surface area contributed by atoms with E-state index in [4.69, 9.17) is 15.2 Å². The Morgan fingerprint density at radius 2 is 2.22 bits per heavy atom. The van der Waals surface area contributed by atoms with Gasteiger partial charge in [-0.15, -0.1) is 11.3 Å². The van der Waals surface area contributed by atoms with Crippen LogP contribution in [0.2, 0.25) is 0 Å². The van der Waals surface area contributed by atoms with Crippen molar-refractivity contribution in [3.8, 4) is 11.5 Å². The van der Waals surface area contributed by atoms with Crippen LogP contribution in [-0.2, 0) is 0 Å². The molecule has 0 radical (unpaired) electrons. The maximum Gasteiger partial charge on any atom is 0.261 e. The van der Waals surface area contributed by atoms with Crippen LogP contribution in [0.25, 0.3) is 0 Å². The fourth-order valence-electron chi connectivity index (χ4n) is 2.78. The highest BCUT2D eigenvalue weighted by Crippen LogP contribution is 2.40. The summed E-state index contributed by atoms with van der Waals surface area (Å²) in [6.07, 6.45) is 0.678. The van der Waals surface area contributed by atoms with E-state index in [-0.39, 0.29) is 17.6 Å². The molecule has 5 nitrogen and oxygen atoms in total. The number of carbonyl (C=O) groups excluding carboxylic acids is 1. The number of nitrogen functional groups attached to an aromatic ring is 1. The quantitative estimate of drug-likeness (QED) is 0.845. The zero-order valence-electron chi connectivity index (χ0n) is 13.4. The van der Waals surface area contributed by atoms with Crippen molar-refractivity contribution in [2.24, 2.45) is 0 Å². The van der Waals surface area contributed by atoms with Crippen LogP contribution in [0.5, 0.6) is 11.5 Å². The largest absolute Gasteiger partial charge is 0.496 e. The molecule has 1 aromatic heterocycles. The fourth-order valence-corrected chi connectivity index (χ4v) is 3.53. The highest BCUT2D eigenvalue weighted by molar-refractivity contribution is 7.12. The molecular weight excluding hydrogens is 312 g/mol. The van der Waals surface area contributed by atoms with Gasteiger partial charge in [0.05, 0.1) is 18.0 Å². The molecule has 6 heteroatoms. The molecule has 3 rings (SSSR count). The van der Waals surface area contributed by atoms with Gasteiger partial charge in [-0.05, 0) is 32.0 Å². The lowest BCUT2D eigenvalue weighted by Crippen LogP contribution is -2.41. The molecule has 1 aromatic carbocycles. The van der Waals surface area contributed by atoms with E-state index in [2.05, 4.69) is 5.32 Å². The lowest BCUT2D eigenvalue weighted by Gasteiger charge is -2.38. The predicted octanol–water partition coefficient (Wildman–Crippen LogP) is 3.37. The summed E-state index contributed by atoms with van der Waals surface area (Å²) in [6.45, 7) is 4.03. The highest BCUT2D eigenvalue weighted by atomic mass is 32.1. The molecule has 0 saturated carbocycles. The molecular formula is C17H20N2O3S. The smallest absolute Gasteiger partial charge is 0.261 e. The number of thiophene rings is 1. The summed E-state index contributed by atoms with van der Waals surface area (Å²) in [5, 5.41) is 4.91. The lowest BCUT2D eigenvalue weighted by atomic mass is 9.89. The van der Waals surface area contributed by atoms with Crippen LogP contribution in [0.4, 0.5) is 5.69 Å². The van der Waals surface area contributed by atoms with Crippen molar-refractivity contribution in [2.75, 3.05) is 12.8 Å². The first-order chi connectivity index (χ1) is 10.9. The number of ether oxygens (including phenoxy) is 2. The number of carbonyl (C=O) groups is 1. The molecule has 2 aromatic rings. The van der Waals surface area contributed by atoms with Gasteiger partial charge in [-0.3, -0.25) is 4.79 Å². The molecule has 0 saturated heterocycles. The number of rotatable bonds is 3. The average molecular weight is 332 g/mol. The minimum absolute atomic E-state index is 0.116. The Kier molecular flexibility index (Phi) is 3.93. The molecule has 1 unspecified atom stereocenters. The van der Waals surface area contributed by atoms with E-state index in [0.717, 1.165) is 11.3 Å². The number of fused-ring (bicyclic) bond motifs is 1. The zero-order chi connectivity index (χ0) is 16.6. The van der Waals surface area contributed by atoms with E-state index in [0.29, 0.717) is 22.7 Å². The Labute approximate surface area is 139 Å². The van der Waals surface area contributed by atoms with Gasteiger partial charge < -0.3 is 20.5 Å². The zero-order valence-corrected chi connectivity index (χ0v) is 14.2. The second-order valence-corrected chi connectivity index (χ2v) is 7.15. The fraction of sp³-hybridized carbons (Fsp3) is 0.353. The van der Waals surface area contributed by atoms with E-state index in [9.17, 15) is 4.79 Å². The van der Waals surface area contributed by atoms with Crippen LogP contribution in [0, 0.1) is 0 Å². The van der Waals surface area contributed by atoms with Crippen molar-refractivity contribution < 1.29 is 14.3 Å². The number of hydrogen-bond donors (Lipinski definition) is 2. The lowest BCUT2D eigenvalue weighted by molar-refractivity contribution is 0.0621. The van der Waals surface area contributed by atoms with Gasteiger partial charge in [-0.25, -0.2) is 0 Å². The maximum absolute atomic E-state index is 12.5. The molecule has 0 fully saturated rings. The summed E-state index contributed by atoms with van der Waals surface area (Å²) in [5.41, 5.74) is 7.11. The summed E-state index contributed by atoms with van der Waals surface area (Å²) in [7, 11) is 1.59. The van der Waals surface area contributed by atoms with Gasteiger partial charge in [-0.2, -0.15) is 0 Å². The Morgan fingerprint density at radius 3 is 2.91 bits per heavy atom. The Bertz CT molecular complexity index is 739. The normalized spacial score (nSPS) is 18.7. The van der Waals surface area contributed by atoms with E-state index >= 15 is 0 Å². The van der Waals surface area contributed by atoms with Gasteiger partial charge >= 0.3 is 0 Å². The number of amides is 1. The summed E-state index contributed by atoms with van der Waals surface area (Å²) in [4.78, 5) is 13.1. The first-order valence-corrected chi connectivity index (χ1v) is 8.28. The SMILES string of the molecule is COc1csc(C(=O)NC2CC(C)(C)Oc3ccc(N)cc32)c1. The molecule has 23 heavy (non-hydrogen) atoms. The van der Waals surface area contributed by atoms with Crippen molar-refractivity contribution >= 4 is 22.9 Å². The van der Waals surface area contributed by atoms with Crippen LogP contribution in [-0.4, -0.2) is 18.6 Å². The van der Waals surface area contributed by atoms with E-state index < -0.39 is 0 Å². The molecule has 1 aliphatic rings. The molecule has 0 aliphatic carbocycles. The van der Waals surface area contributed by atoms with Crippen molar-refractivity contribution in [1.29, 1.82) is 0 Å². The summed E-state index contributed by atoms with van der Waals surface area (Å²) >= 11 is 1.36. The van der Waals surface area contributed by atoms with Gasteiger partial charge in [0.25, 0.3) is 5.91 Å². The van der Waals surface area contributed by atoms with E-state index in [1.54, 1.807) is 13.2 Å². The van der Waals surface area contributed by atoms with E-state index in [1.807, 2.05) is 37.4 Å². The van der Waals surface area contributed by atoms with E-state index in [1.165, 1.54) is 11.3 Å². The average Bonchev–Trinajstić information content (AvgIpc) is 2.96. The maximum atomic E-state index is 12.5. The molecule has 0 spiro atoms. The topological polar surface area (TPSA) is 73.6 Å². The Balaban J connectivity index is 1.87. The number of hydrogen-bond acceptors (Lipinski definition) is 5. The van der Waals surface area contributed by atoms with Crippen molar-refractivity contribution in [1.82, 2.24) is 5.32 Å². The third-order valence-corrected chi connectivity index (χ3v) is 4.74. The Morgan fingerprint density at radius 1 is 1.43 bits per heavy atom. The van der Waals surface area contributed by atoms with Gasteiger partial charge in [-0.1, -0.05) is 0 Å². The molecule has 0 bridgehead atoms. The van der Waals surface area contributed by atoms with Gasteiger partial charge in [0.2, 0.25) is 0 Å². The standard InChI is InChI=1S/C17H20N2O3S/c1-17(2)8-13(12-6-10(18)4-5-14(12)22-17)19-16(20)15-7-11(21-3)9-23-15/h4-7,9,13H,8,18H2,1-3H3,(H,19,20). The number of benzene rings is 1. The van der Waals surface area contributed by atoms with Crippen LogP contribution in [0.15, 0.2) is 29.6 Å². The summed E-state index contributed by atoms with van der Waals surface area (Å²) < 4.78 is 11.1. The van der Waals surface area contributed by atoms with Crippen LogP contribution >= 0.6 is 11.3 Å². The second kappa shape index (κ2) is 5.77. The number of nitrogens with two attached hydrogens (primary N) is 1. The van der Waals surface area contributed by atoms with Crippen LogP contribution in [0.1, 0.15) is 41.5 Å². The van der Waals surface area contributed by atoms with Crippen molar-refractivity contribution in [3.05, 3.63) is 40.1 Å². The molecule has 1 atom stereocenters. The molecule has 2 heterocycles. The first-order valence-electron chi connectivity index (χ1n) is 7.40. The molecule has 1 aliphatic heterocycles. The first kappa shape index (κ1) is 15.7. The third-order valence-electron chi connectivity index (χ3n) is 3.83. The molecule has 122 valence electrons. The van der Waals surface area contributed by atoms with Gasteiger partial charge in [0.1, 0.15) is 17.1 Å². The molecule has 3 N–H and O–H groups in total. The summed E-state index contributed by atoms with van der Waals surface area (Å²) in [6, 6.07) is 7.13. The van der Waals surface area contributed by atoms with Gasteiger partial charge in [0, 0.05) is 29.1 Å². The summed E-state index contributed by atoms with van der Waals surface area (Å²) in [5.74, 6) is 1.34. The van der Waals surface area contributed by atoms with Crippen molar-refractivity contribution in [2.45, 2.75) is 31.9 Å². The van der Waals surface area contributed by atoms with Gasteiger partial charge in [0.15, 0.2) is 0 Å². The third kappa shape index (κ3) is 3.27. The monoisotopic (exact) mass is 332 g/mol. The highest BCUT2D eigenvalue weighted by Gasteiger charge is 2.34. The number of anilines is 1. The number of nitrogens with one attached hydrogen (secondary N) is 1. The predicted molar refractivity (Wildman–Crippen MR) is 91.3 cm³/mol. The van der Waals surface area contributed by atoms with Crippen molar-refractivity contribution in [3.63, 3.8) is 0 Å². The number of methoxy groups -OCH3 is 1.